The topological polar surface area (TPSA) is 71.1 Å². The van der Waals surface area contributed by atoms with Gasteiger partial charge in [0.05, 0.1) is 29.6 Å². The van der Waals surface area contributed by atoms with Crippen LogP contribution in [0.2, 0.25) is 0 Å². The molecule has 0 heterocycles. The third kappa shape index (κ3) is 4.75. The van der Waals surface area contributed by atoms with Gasteiger partial charge in [-0.15, -0.1) is 0 Å². The molecule has 0 spiro atoms. The van der Waals surface area contributed by atoms with Crippen LogP contribution >= 0.6 is 0 Å². The molecule has 3 N–H and O–H groups in total. The highest BCUT2D eigenvalue weighted by molar-refractivity contribution is 5.68. The maximum atomic E-state index is 8.78. The molecule has 0 amide bonds. The molecule has 0 radical (unpaired) electrons. The maximum Gasteiger partial charge on any atom is 0.0992 e. The average molecular weight is 233 g/mol. The molecular formula is C13H19N3O. The van der Waals surface area contributed by atoms with Gasteiger partial charge in [0.25, 0.3) is 0 Å². The van der Waals surface area contributed by atoms with E-state index in [9.17, 15) is 0 Å². The van der Waals surface area contributed by atoms with E-state index in [1.165, 1.54) is 0 Å². The summed E-state index contributed by atoms with van der Waals surface area (Å²) in [6, 6.07) is 7.27. The Kier molecular flexibility index (Phi) is 5.31. The highest BCUT2D eigenvalue weighted by Gasteiger charge is 2.00. The first kappa shape index (κ1) is 13.3. The Morgan fingerprint density at radius 1 is 1.47 bits per heavy atom. The first-order valence-electron chi connectivity index (χ1n) is 5.74. The lowest BCUT2D eigenvalue weighted by molar-refractivity contribution is 0.118. The molecule has 17 heavy (non-hydrogen) atoms. The Morgan fingerprint density at radius 3 is 2.88 bits per heavy atom. The number of nitrogens with one attached hydrogen (secondary N) is 1. The summed E-state index contributed by atoms with van der Waals surface area (Å²) >= 11 is 0. The fourth-order valence-corrected chi connectivity index (χ4v) is 1.36. The fourth-order valence-electron chi connectivity index (χ4n) is 1.36. The van der Waals surface area contributed by atoms with Gasteiger partial charge in [-0.3, -0.25) is 0 Å². The molecule has 92 valence electrons. The summed E-state index contributed by atoms with van der Waals surface area (Å²) in [6.07, 6.45) is 0. The first-order valence-corrected chi connectivity index (χ1v) is 5.74. The second-order valence-corrected chi connectivity index (χ2v) is 4.31. The number of nitrogen functional groups attached to an aromatic ring is 1. The van der Waals surface area contributed by atoms with Crippen LogP contribution in [0.1, 0.15) is 19.4 Å². The van der Waals surface area contributed by atoms with E-state index in [1.807, 2.05) is 0 Å². The number of nitriles is 1. The van der Waals surface area contributed by atoms with Gasteiger partial charge < -0.3 is 15.8 Å². The Bertz CT molecular complexity index is 396. The van der Waals surface area contributed by atoms with Crippen molar-refractivity contribution in [3.05, 3.63) is 23.8 Å². The van der Waals surface area contributed by atoms with Crippen molar-refractivity contribution in [2.45, 2.75) is 13.8 Å². The largest absolute Gasteiger partial charge is 0.397 e. The zero-order chi connectivity index (χ0) is 12.7. The second kappa shape index (κ2) is 6.77. The predicted molar refractivity (Wildman–Crippen MR) is 69.7 cm³/mol. The summed E-state index contributed by atoms with van der Waals surface area (Å²) in [5.41, 5.74) is 7.83. The number of ether oxygens (including phenoxy) is 1. The lowest BCUT2D eigenvalue weighted by atomic mass is 10.2. The van der Waals surface area contributed by atoms with Crippen molar-refractivity contribution in [3.8, 4) is 6.07 Å². The van der Waals surface area contributed by atoms with Gasteiger partial charge >= 0.3 is 0 Å². The van der Waals surface area contributed by atoms with Crippen LogP contribution < -0.4 is 11.1 Å². The average Bonchev–Trinajstić information content (AvgIpc) is 2.30. The molecule has 1 rings (SSSR count). The van der Waals surface area contributed by atoms with Crippen molar-refractivity contribution < 1.29 is 4.74 Å². The van der Waals surface area contributed by atoms with Crippen molar-refractivity contribution >= 4 is 11.4 Å². The molecule has 0 aliphatic carbocycles. The van der Waals surface area contributed by atoms with E-state index < -0.39 is 0 Å². The highest BCUT2D eigenvalue weighted by Crippen LogP contribution is 2.19. The summed E-state index contributed by atoms with van der Waals surface area (Å²) in [6.45, 7) is 6.30. The van der Waals surface area contributed by atoms with Gasteiger partial charge in [-0.05, 0) is 24.1 Å². The number of benzene rings is 1. The third-order valence-corrected chi connectivity index (χ3v) is 2.20. The molecule has 0 fully saturated rings. The summed E-state index contributed by atoms with van der Waals surface area (Å²) in [4.78, 5) is 0. The van der Waals surface area contributed by atoms with Crippen LogP contribution in [0.4, 0.5) is 11.4 Å². The van der Waals surface area contributed by atoms with Crippen molar-refractivity contribution in [3.63, 3.8) is 0 Å². The molecule has 0 aliphatic heterocycles. The van der Waals surface area contributed by atoms with Gasteiger partial charge in [-0.2, -0.15) is 5.26 Å². The first-order chi connectivity index (χ1) is 8.13. The summed E-state index contributed by atoms with van der Waals surface area (Å²) in [5.74, 6) is 0.544. The summed E-state index contributed by atoms with van der Waals surface area (Å²) in [5, 5.41) is 11.9. The molecule has 0 aliphatic rings. The van der Waals surface area contributed by atoms with E-state index in [-0.39, 0.29) is 0 Å². The Hall–Kier alpha value is -1.73. The Morgan fingerprint density at radius 2 is 2.24 bits per heavy atom. The lowest BCUT2D eigenvalue weighted by Crippen LogP contribution is -2.13. The number of rotatable bonds is 6. The molecular weight excluding hydrogens is 214 g/mol. The van der Waals surface area contributed by atoms with Crippen LogP contribution in [0, 0.1) is 17.2 Å². The Labute approximate surface area is 102 Å². The van der Waals surface area contributed by atoms with Crippen LogP contribution in [-0.4, -0.2) is 19.8 Å². The molecule has 0 atom stereocenters. The second-order valence-electron chi connectivity index (χ2n) is 4.31. The molecule has 1 aromatic rings. The minimum Gasteiger partial charge on any atom is -0.397 e. The van der Waals surface area contributed by atoms with Gasteiger partial charge in [0.1, 0.15) is 0 Å². The van der Waals surface area contributed by atoms with Gasteiger partial charge in [-0.25, -0.2) is 0 Å². The van der Waals surface area contributed by atoms with Crippen molar-refractivity contribution in [1.82, 2.24) is 0 Å². The third-order valence-electron chi connectivity index (χ3n) is 2.20. The molecule has 1 aromatic carbocycles. The molecule has 0 saturated heterocycles. The van der Waals surface area contributed by atoms with Crippen LogP contribution in [0.15, 0.2) is 18.2 Å². The van der Waals surface area contributed by atoms with Crippen molar-refractivity contribution in [2.24, 2.45) is 5.92 Å². The number of hydrogen-bond acceptors (Lipinski definition) is 4. The smallest absolute Gasteiger partial charge is 0.0992 e. The Balaban J connectivity index is 2.39. The molecule has 0 saturated carbocycles. The highest BCUT2D eigenvalue weighted by atomic mass is 16.5. The van der Waals surface area contributed by atoms with Gasteiger partial charge in [0.15, 0.2) is 0 Å². The van der Waals surface area contributed by atoms with E-state index in [2.05, 4.69) is 25.2 Å². The van der Waals surface area contributed by atoms with Crippen LogP contribution in [0.3, 0.4) is 0 Å². The number of hydrogen-bond donors (Lipinski definition) is 2. The van der Waals surface area contributed by atoms with E-state index in [0.717, 1.165) is 12.3 Å². The van der Waals surface area contributed by atoms with Gasteiger partial charge in [0, 0.05) is 13.2 Å². The normalized spacial score (nSPS) is 10.2. The minimum atomic E-state index is 0.544. The van der Waals surface area contributed by atoms with Crippen molar-refractivity contribution in [2.75, 3.05) is 30.8 Å². The number of nitrogens with zero attached hydrogens (tertiary/aromatic N) is 1. The van der Waals surface area contributed by atoms with E-state index in [0.29, 0.717) is 30.3 Å². The molecule has 0 aromatic heterocycles. The standard InChI is InChI=1S/C13H19N3O/c1-10(2)9-17-6-5-16-13-7-11(8-14)3-4-12(13)15/h3-4,7,10,16H,5-6,9,15H2,1-2H3. The van der Waals surface area contributed by atoms with Gasteiger partial charge in [0.2, 0.25) is 0 Å². The van der Waals surface area contributed by atoms with E-state index in [1.54, 1.807) is 18.2 Å². The zero-order valence-corrected chi connectivity index (χ0v) is 10.4. The van der Waals surface area contributed by atoms with Crippen LogP contribution in [0.5, 0.6) is 0 Å². The van der Waals surface area contributed by atoms with Crippen LogP contribution in [0.25, 0.3) is 0 Å². The van der Waals surface area contributed by atoms with Gasteiger partial charge in [-0.1, -0.05) is 13.8 Å². The maximum absolute atomic E-state index is 8.78. The van der Waals surface area contributed by atoms with Crippen LogP contribution in [-0.2, 0) is 4.74 Å². The lowest BCUT2D eigenvalue weighted by Gasteiger charge is -2.10. The minimum absolute atomic E-state index is 0.544. The van der Waals surface area contributed by atoms with E-state index >= 15 is 0 Å². The zero-order valence-electron chi connectivity index (χ0n) is 10.4. The van der Waals surface area contributed by atoms with E-state index in [4.69, 9.17) is 15.7 Å². The monoisotopic (exact) mass is 233 g/mol. The molecule has 0 bridgehead atoms. The number of nitrogens with two attached hydrogens (primary N) is 1. The molecule has 0 unspecified atom stereocenters. The quantitative estimate of drug-likeness (QED) is 0.584. The number of anilines is 2. The van der Waals surface area contributed by atoms with Crippen molar-refractivity contribution in [1.29, 1.82) is 5.26 Å². The SMILES string of the molecule is CC(C)COCCNc1cc(C#N)ccc1N. The molecule has 4 nitrogen and oxygen atoms in total. The summed E-state index contributed by atoms with van der Waals surface area (Å²) < 4.78 is 5.44. The fraction of sp³-hybridized carbons (Fsp3) is 0.462. The predicted octanol–water partition coefficient (Wildman–Crippen LogP) is 2.22. The molecule has 4 heteroatoms. The summed E-state index contributed by atoms with van der Waals surface area (Å²) in [7, 11) is 0.